The summed E-state index contributed by atoms with van der Waals surface area (Å²) in [6.07, 6.45) is 4.31. The summed E-state index contributed by atoms with van der Waals surface area (Å²) >= 11 is 0. The van der Waals surface area contributed by atoms with Crippen LogP contribution in [-0.4, -0.2) is 41.9 Å². The molecule has 1 saturated carbocycles. The summed E-state index contributed by atoms with van der Waals surface area (Å²) in [5.74, 6) is 0.815. The van der Waals surface area contributed by atoms with Crippen molar-refractivity contribution in [1.82, 2.24) is 4.81 Å². The molecule has 23 heavy (non-hydrogen) atoms. The van der Waals surface area contributed by atoms with Crippen molar-refractivity contribution in [2.24, 2.45) is 11.8 Å². The first kappa shape index (κ1) is 19.2. The Morgan fingerprint density at radius 1 is 1.22 bits per heavy atom. The summed E-state index contributed by atoms with van der Waals surface area (Å²) in [4.78, 5) is 21.9. The molecule has 0 bridgehead atoms. The smallest absolute Gasteiger partial charge is 0.335 e. The van der Waals surface area contributed by atoms with Gasteiger partial charge in [0.05, 0.1) is 10.5 Å². The first-order valence-electron chi connectivity index (χ1n) is 7.94. The number of rotatable bonds is 2. The molecule has 7 heteroatoms. The van der Waals surface area contributed by atoms with Crippen LogP contribution < -0.4 is 0 Å². The number of hydrogen-bond acceptors (Lipinski definition) is 4. The molecule has 2 aliphatic rings. The fourth-order valence-corrected chi connectivity index (χ4v) is 3.00. The Morgan fingerprint density at radius 2 is 1.70 bits per heavy atom. The average Bonchev–Trinajstić information content (AvgIpc) is 3.10. The van der Waals surface area contributed by atoms with E-state index in [9.17, 15) is 14.9 Å². The summed E-state index contributed by atoms with van der Waals surface area (Å²) in [6.45, 7) is 6.31. The number of nitro groups is 1. The van der Waals surface area contributed by atoms with E-state index in [0.29, 0.717) is 0 Å². The quantitative estimate of drug-likeness (QED) is 0.514. The molecule has 0 amide bonds. The SMILES string of the molecule is CC.O=C(O)c1ccc([N+](=O)[O-])cc1.[B]N1CC2CCCC2C1. The van der Waals surface area contributed by atoms with E-state index in [4.69, 9.17) is 13.1 Å². The van der Waals surface area contributed by atoms with E-state index >= 15 is 0 Å². The highest BCUT2D eigenvalue weighted by Crippen LogP contribution is 2.36. The van der Waals surface area contributed by atoms with E-state index in [-0.39, 0.29) is 11.3 Å². The van der Waals surface area contributed by atoms with Crippen LogP contribution in [0.3, 0.4) is 0 Å². The van der Waals surface area contributed by atoms with E-state index in [1.165, 1.54) is 31.4 Å². The number of carboxylic acid groups (broad SMARTS) is 1. The summed E-state index contributed by atoms with van der Waals surface area (Å²) in [5.41, 5.74) is -0.0689. The summed E-state index contributed by atoms with van der Waals surface area (Å²) in [7, 11) is 5.66. The van der Waals surface area contributed by atoms with Gasteiger partial charge in [0, 0.05) is 12.1 Å². The van der Waals surface area contributed by atoms with E-state index in [1.807, 2.05) is 18.7 Å². The standard InChI is InChI=1S/C7H12BN.C7H5NO4.C2H6/c8-9-4-6-2-1-3-7(6)5-9;9-7(10)5-1-3-6(4-2-5)8(11)12;1-2/h6-7H,1-5H2;1-4H,(H,9,10);1-2H3. The van der Waals surface area contributed by atoms with Gasteiger partial charge < -0.3 is 9.92 Å². The summed E-state index contributed by atoms with van der Waals surface area (Å²) in [6, 6.07) is 4.70. The van der Waals surface area contributed by atoms with Crippen molar-refractivity contribution >= 4 is 19.6 Å². The molecule has 1 aromatic carbocycles. The molecule has 2 atom stereocenters. The van der Waals surface area contributed by atoms with Crippen LogP contribution in [0.2, 0.25) is 0 Å². The molecule has 1 heterocycles. The molecular weight excluding hydrogens is 295 g/mol. The van der Waals surface area contributed by atoms with Gasteiger partial charge in [0.1, 0.15) is 0 Å². The first-order chi connectivity index (χ1) is 11.0. The number of nitrogens with zero attached hydrogens (tertiary/aromatic N) is 2. The zero-order valence-electron chi connectivity index (χ0n) is 13.6. The topological polar surface area (TPSA) is 83.7 Å². The van der Waals surface area contributed by atoms with Gasteiger partial charge in [-0.25, -0.2) is 4.79 Å². The third-order valence-corrected chi connectivity index (χ3v) is 4.08. The first-order valence-corrected chi connectivity index (χ1v) is 7.94. The van der Waals surface area contributed by atoms with Crippen LogP contribution in [0.15, 0.2) is 24.3 Å². The molecule has 1 aliphatic heterocycles. The predicted octanol–water partition coefficient (Wildman–Crippen LogP) is 3.12. The number of benzene rings is 1. The number of hydrogen-bond donors (Lipinski definition) is 1. The molecule has 0 aromatic heterocycles. The minimum atomic E-state index is -1.09. The maximum absolute atomic E-state index is 10.3. The number of carbonyl (C=O) groups is 1. The Balaban J connectivity index is 0.000000213. The van der Waals surface area contributed by atoms with E-state index < -0.39 is 10.9 Å². The number of aromatic carboxylic acids is 1. The van der Waals surface area contributed by atoms with Gasteiger partial charge in [-0.15, -0.1) is 0 Å². The lowest BCUT2D eigenvalue weighted by atomic mass is 10.0. The van der Waals surface area contributed by atoms with Crippen LogP contribution in [0.1, 0.15) is 43.5 Å². The Kier molecular flexibility index (Phi) is 7.75. The molecule has 1 aromatic rings. The number of nitro benzene ring substituents is 1. The second-order valence-corrected chi connectivity index (χ2v) is 5.51. The van der Waals surface area contributed by atoms with Crippen molar-refractivity contribution in [3.8, 4) is 0 Å². The second kappa shape index (κ2) is 9.30. The predicted molar refractivity (Wildman–Crippen MR) is 89.6 cm³/mol. The van der Waals surface area contributed by atoms with E-state index in [2.05, 4.69) is 0 Å². The largest absolute Gasteiger partial charge is 0.478 e. The van der Waals surface area contributed by atoms with Crippen molar-refractivity contribution < 1.29 is 14.8 Å². The lowest BCUT2D eigenvalue weighted by Gasteiger charge is -2.07. The normalized spacial score (nSPS) is 22.2. The highest BCUT2D eigenvalue weighted by molar-refractivity contribution is 6.04. The number of fused-ring (bicyclic) bond motifs is 1. The van der Waals surface area contributed by atoms with Gasteiger partial charge in [-0.3, -0.25) is 10.1 Å². The van der Waals surface area contributed by atoms with Crippen molar-refractivity contribution in [2.75, 3.05) is 13.1 Å². The molecule has 6 nitrogen and oxygen atoms in total. The zero-order valence-corrected chi connectivity index (χ0v) is 13.6. The van der Waals surface area contributed by atoms with E-state index in [1.54, 1.807) is 0 Å². The van der Waals surface area contributed by atoms with Gasteiger partial charge in [-0.05, 0) is 49.9 Å². The molecule has 124 valence electrons. The van der Waals surface area contributed by atoms with Crippen LogP contribution in [-0.2, 0) is 0 Å². The van der Waals surface area contributed by atoms with Gasteiger partial charge in [0.25, 0.3) is 5.69 Å². The van der Waals surface area contributed by atoms with Crippen LogP contribution in [0, 0.1) is 22.0 Å². The molecule has 0 spiro atoms. The van der Waals surface area contributed by atoms with Gasteiger partial charge in [0.15, 0.2) is 7.98 Å². The molecule has 2 fully saturated rings. The zero-order chi connectivity index (χ0) is 17.4. The van der Waals surface area contributed by atoms with Crippen molar-refractivity contribution in [3.05, 3.63) is 39.9 Å². The minimum absolute atomic E-state index is 0.0422. The molecule has 1 N–H and O–H groups in total. The lowest BCUT2D eigenvalue weighted by Crippen LogP contribution is -2.16. The maximum atomic E-state index is 10.3. The lowest BCUT2D eigenvalue weighted by molar-refractivity contribution is -0.384. The maximum Gasteiger partial charge on any atom is 0.335 e. The molecule has 2 unspecified atom stereocenters. The van der Waals surface area contributed by atoms with Gasteiger partial charge in [-0.1, -0.05) is 20.3 Å². The van der Waals surface area contributed by atoms with Crippen molar-refractivity contribution in [3.63, 3.8) is 0 Å². The van der Waals surface area contributed by atoms with Gasteiger partial charge in [0.2, 0.25) is 0 Å². The van der Waals surface area contributed by atoms with Gasteiger partial charge in [-0.2, -0.15) is 0 Å². The average molecular weight is 318 g/mol. The molecular formula is C16H23BN2O4. The Hall–Kier alpha value is -1.89. The third kappa shape index (κ3) is 5.67. The van der Waals surface area contributed by atoms with E-state index in [0.717, 1.165) is 37.1 Å². The van der Waals surface area contributed by atoms with Crippen LogP contribution in [0.5, 0.6) is 0 Å². The molecule has 2 radical (unpaired) electrons. The Labute approximate surface area is 138 Å². The summed E-state index contributed by atoms with van der Waals surface area (Å²) < 4.78 is 0. The molecule has 1 saturated heterocycles. The number of carboxylic acids is 1. The fourth-order valence-electron chi connectivity index (χ4n) is 3.00. The minimum Gasteiger partial charge on any atom is -0.478 e. The Morgan fingerprint density at radius 3 is 2.09 bits per heavy atom. The number of non-ortho nitro benzene ring substituents is 1. The Bertz CT molecular complexity index is 476. The van der Waals surface area contributed by atoms with Crippen LogP contribution in [0.25, 0.3) is 0 Å². The van der Waals surface area contributed by atoms with Crippen molar-refractivity contribution in [1.29, 1.82) is 0 Å². The fraction of sp³-hybridized carbons (Fsp3) is 0.562. The third-order valence-electron chi connectivity index (χ3n) is 4.08. The highest BCUT2D eigenvalue weighted by Gasteiger charge is 2.33. The van der Waals surface area contributed by atoms with Crippen molar-refractivity contribution in [2.45, 2.75) is 33.1 Å². The van der Waals surface area contributed by atoms with Crippen LogP contribution in [0.4, 0.5) is 5.69 Å². The monoisotopic (exact) mass is 318 g/mol. The second-order valence-electron chi connectivity index (χ2n) is 5.51. The molecule has 1 aliphatic carbocycles. The highest BCUT2D eigenvalue weighted by atomic mass is 16.6. The van der Waals surface area contributed by atoms with Gasteiger partial charge >= 0.3 is 5.97 Å². The summed E-state index contributed by atoms with van der Waals surface area (Å²) in [5, 5.41) is 18.6. The molecule has 3 rings (SSSR count). The van der Waals surface area contributed by atoms with Crippen LogP contribution >= 0.6 is 0 Å².